The highest BCUT2D eigenvalue weighted by atomic mass is 16.4. The predicted molar refractivity (Wildman–Crippen MR) is 143 cm³/mol. The van der Waals surface area contributed by atoms with E-state index in [-0.39, 0.29) is 23.6 Å². The van der Waals surface area contributed by atoms with E-state index in [9.17, 15) is 14.7 Å². The summed E-state index contributed by atoms with van der Waals surface area (Å²) in [5, 5.41) is 17.2. The zero-order valence-electron chi connectivity index (χ0n) is 22.3. The number of benzene rings is 2. The Hall–Kier alpha value is -3.49. The van der Waals surface area contributed by atoms with Gasteiger partial charge in [-0.2, -0.15) is 0 Å². The fourth-order valence-electron chi connectivity index (χ4n) is 4.15. The first-order valence-corrected chi connectivity index (χ1v) is 12.7. The molecular formula is C29H38N4O4. The van der Waals surface area contributed by atoms with Crippen LogP contribution in [0.2, 0.25) is 0 Å². The molecule has 0 aliphatic rings. The third-order valence-corrected chi connectivity index (χ3v) is 6.12. The Morgan fingerprint density at radius 1 is 1.00 bits per heavy atom. The number of nitrogens with one attached hydrogen (secondary N) is 2. The van der Waals surface area contributed by atoms with Crippen molar-refractivity contribution in [1.29, 1.82) is 0 Å². The van der Waals surface area contributed by atoms with Crippen LogP contribution in [0.3, 0.4) is 0 Å². The van der Waals surface area contributed by atoms with E-state index in [2.05, 4.69) is 29.5 Å². The van der Waals surface area contributed by atoms with Crippen LogP contribution in [0.4, 0.5) is 0 Å². The van der Waals surface area contributed by atoms with E-state index in [4.69, 9.17) is 4.42 Å². The van der Waals surface area contributed by atoms with Crippen LogP contribution in [0.1, 0.15) is 57.5 Å². The fourth-order valence-corrected chi connectivity index (χ4v) is 4.15. The number of aryl methyl sites for hydroxylation is 2. The normalized spacial score (nSPS) is 12.8. The highest BCUT2D eigenvalue weighted by Crippen LogP contribution is 2.17. The van der Waals surface area contributed by atoms with Gasteiger partial charge in [-0.15, -0.1) is 0 Å². The zero-order valence-corrected chi connectivity index (χ0v) is 22.3. The summed E-state index contributed by atoms with van der Waals surface area (Å²) in [6.45, 7) is 9.12. The first kappa shape index (κ1) is 28.1. The molecule has 0 aliphatic heterocycles. The number of aliphatic hydroxyl groups excluding tert-OH is 1. The summed E-state index contributed by atoms with van der Waals surface area (Å²) in [5.74, 6) is 0.930. The summed E-state index contributed by atoms with van der Waals surface area (Å²) < 4.78 is 5.48. The quantitative estimate of drug-likeness (QED) is 0.347. The van der Waals surface area contributed by atoms with Gasteiger partial charge in [-0.05, 0) is 43.5 Å². The van der Waals surface area contributed by atoms with E-state index in [0.717, 1.165) is 12.1 Å². The molecule has 1 heterocycles. The first-order chi connectivity index (χ1) is 17.7. The van der Waals surface area contributed by atoms with Gasteiger partial charge in [0.25, 0.3) is 11.8 Å². The third-order valence-electron chi connectivity index (χ3n) is 6.12. The molecule has 3 aromatic rings. The second-order valence-corrected chi connectivity index (χ2v) is 9.83. The summed E-state index contributed by atoms with van der Waals surface area (Å²) in [6, 6.07) is 15.9. The Balaban J connectivity index is 1.78. The molecule has 8 nitrogen and oxygen atoms in total. The molecular weight excluding hydrogens is 468 g/mol. The molecule has 37 heavy (non-hydrogen) atoms. The minimum absolute atomic E-state index is 0.257. The van der Waals surface area contributed by atoms with E-state index in [1.54, 1.807) is 38.2 Å². The van der Waals surface area contributed by atoms with Gasteiger partial charge >= 0.3 is 0 Å². The van der Waals surface area contributed by atoms with E-state index in [0.29, 0.717) is 36.2 Å². The molecule has 2 aromatic carbocycles. The van der Waals surface area contributed by atoms with Crippen LogP contribution in [0.5, 0.6) is 0 Å². The number of aliphatic hydroxyl groups is 1. The van der Waals surface area contributed by atoms with Crippen LogP contribution in [-0.4, -0.2) is 59.1 Å². The smallest absolute Gasteiger partial charge is 0.254 e. The summed E-state index contributed by atoms with van der Waals surface area (Å²) in [7, 11) is 1.67. The number of amides is 2. The standard InChI is InChI=1S/C29H38N4O4/c1-19(2)16-30-17-27(34)25(15-22-11-7-6-8-12-22)32-28(35)23-13-9-10-14-24(23)29(36)33(5)18-26-20(3)37-21(4)31-26/h6-14,19,25,27,30,34H,15-18H2,1-5H3,(H,32,35)/t25-,27+/m0/s1. The van der Waals surface area contributed by atoms with Gasteiger partial charge in [-0.3, -0.25) is 9.59 Å². The van der Waals surface area contributed by atoms with Gasteiger partial charge < -0.3 is 25.1 Å². The largest absolute Gasteiger partial charge is 0.446 e. The highest BCUT2D eigenvalue weighted by Gasteiger charge is 2.26. The maximum atomic E-state index is 13.5. The molecule has 0 bridgehead atoms. The Morgan fingerprint density at radius 3 is 2.27 bits per heavy atom. The molecule has 0 aliphatic carbocycles. The Morgan fingerprint density at radius 2 is 1.65 bits per heavy atom. The van der Waals surface area contributed by atoms with E-state index in [1.807, 2.05) is 37.3 Å². The van der Waals surface area contributed by atoms with Crippen LogP contribution in [0.15, 0.2) is 59.0 Å². The van der Waals surface area contributed by atoms with Crippen LogP contribution in [-0.2, 0) is 13.0 Å². The average Bonchev–Trinajstić information content (AvgIpc) is 3.19. The number of carbonyl (C=O) groups is 2. The second-order valence-electron chi connectivity index (χ2n) is 9.83. The molecule has 198 valence electrons. The first-order valence-electron chi connectivity index (χ1n) is 12.7. The maximum Gasteiger partial charge on any atom is 0.254 e. The van der Waals surface area contributed by atoms with Crippen molar-refractivity contribution in [2.24, 2.45) is 5.92 Å². The molecule has 0 radical (unpaired) electrons. The molecule has 2 atom stereocenters. The van der Waals surface area contributed by atoms with Gasteiger partial charge in [0.05, 0.1) is 29.8 Å². The van der Waals surface area contributed by atoms with Crippen molar-refractivity contribution in [3.05, 3.63) is 88.6 Å². The van der Waals surface area contributed by atoms with Gasteiger partial charge in [0, 0.05) is 20.5 Å². The van der Waals surface area contributed by atoms with Crippen LogP contribution >= 0.6 is 0 Å². The molecule has 1 aromatic heterocycles. The lowest BCUT2D eigenvalue weighted by Crippen LogP contribution is -2.49. The second kappa shape index (κ2) is 13.2. The lowest BCUT2D eigenvalue weighted by atomic mass is 9.99. The lowest BCUT2D eigenvalue weighted by Gasteiger charge is -2.26. The monoisotopic (exact) mass is 506 g/mol. The summed E-state index contributed by atoms with van der Waals surface area (Å²) in [5.41, 5.74) is 2.22. The predicted octanol–water partition coefficient (Wildman–Crippen LogP) is 3.51. The van der Waals surface area contributed by atoms with E-state index < -0.39 is 18.1 Å². The molecule has 0 spiro atoms. The van der Waals surface area contributed by atoms with Crippen molar-refractivity contribution in [3.8, 4) is 0 Å². The van der Waals surface area contributed by atoms with Gasteiger partial charge in [-0.1, -0.05) is 56.3 Å². The zero-order chi connectivity index (χ0) is 26.9. The minimum atomic E-state index is -0.813. The van der Waals surface area contributed by atoms with Crippen LogP contribution < -0.4 is 10.6 Å². The molecule has 3 rings (SSSR count). The van der Waals surface area contributed by atoms with Crippen molar-refractivity contribution >= 4 is 11.8 Å². The van der Waals surface area contributed by atoms with Crippen molar-refractivity contribution in [1.82, 2.24) is 20.5 Å². The van der Waals surface area contributed by atoms with E-state index >= 15 is 0 Å². The Kier molecular flexibility index (Phi) is 10.00. The molecule has 2 amide bonds. The topological polar surface area (TPSA) is 108 Å². The summed E-state index contributed by atoms with van der Waals surface area (Å²) in [6.07, 6.45) is -0.357. The average molecular weight is 507 g/mol. The number of nitrogens with zero attached hydrogens (tertiary/aromatic N) is 2. The minimum Gasteiger partial charge on any atom is -0.446 e. The lowest BCUT2D eigenvalue weighted by molar-refractivity contribution is 0.0766. The number of carbonyl (C=O) groups excluding carboxylic acids is 2. The fraction of sp³-hybridized carbons (Fsp3) is 0.414. The number of hydrogen-bond acceptors (Lipinski definition) is 6. The molecule has 0 fully saturated rings. The number of hydrogen-bond donors (Lipinski definition) is 3. The van der Waals surface area contributed by atoms with E-state index in [1.165, 1.54) is 4.90 Å². The molecule has 8 heteroatoms. The van der Waals surface area contributed by atoms with Crippen molar-refractivity contribution in [2.45, 2.75) is 52.8 Å². The number of aromatic nitrogens is 1. The van der Waals surface area contributed by atoms with Gasteiger partial charge in [0.1, 0.15) is 11.5 Å². The number of rotatable bonds is 12. The van der Waals surface area contributed by atoms with Crippen LogP contribution in [0, 0.1) is 19.8 Å². The van der Waals surface area contributed by atoms with Gasteiger partial charge in [0.15, 0.2) is 5.89 Å². The van der Waals surface area contributed by atoms with Crippen molar-refractivity contribution in [2.75, 3.05) is 20.1 Å². The maximum absolute atomic E-state index is 13.5. The molecule has 0 unspecified atom stereocenters. The summed E-state index contributed by atoms with van der Waals surface area (Å²) in [4.78, 5) is 32.7. The number of oxazole rings is 1. The SMILES string of the molecule is Cc1nc(CN(C)C(=O)c2ccccc2C(=O)N[C@@H](Cc2ccccc2)[C@H](O)CNCC(C)C)c(C)o1. The highest BCUT2D eigenvalue weighted by molar-refractivity contribution is 6.07. The summed E-state index contributed by atoms with van der Waals surface area (Å²) >= 11 is 0. The Labute approximate surface area is 219 Å². The van der Waals surface area contributed by atoms with Gasteiger partial charge in [-0.25, -0.2) is 4.98 Å². The van der Waals surface area contributed by atoms with Gasteiger partial charge in [0.2, 0.25) is 0 Å². The third kappa shape index (κ3) is 8.00. The Bertz CT molecular complexity index is 1180. The molecule has 0 saturated carbocycles. The van der Waals surface area contributed by atoms with Crippen molar-refractivity contribution in [3.63, 3.8) is 0 Å². The van der Waals surface area contributed by atoms with Crippen LogP contribution in [0.25, 0.3) is 0 Å². The van der Waals surface area contributed by atoms with Crippen molar-refractivity contribution < 1.29 is 19.1 Å². The molecule has 0 saturated heterocycles. The molecule has 3 N–H and O–H groups in total.